The van der Waals surface area contributed by atoms with Crippen LogP contribution in [0.2, 0.25) is 0 Å². The maximum absolute atomic E-state index is 12.0. The molecular weight excluding hydrogens is 278 g/mol. The van der Waals surface area contributed by atoms with E-state index in [-0.39, 0.29) is 5.56 Å². The van der Waals surface area contributed by atoms with Gasteiger partial charge in [-0.15, -0.1) is 4.73 Å². The Labute approximate surface area is 117 Å². The predicted octanol–water partition coefficient (Wildman–Crippen LogP) is 1.27. The zero-order valence-corrected chi connectivity index (χ0v) is 10.5. The van der Waals surface area contributed by atoms with Gasteiger partial charge >= 0.3 is 11.6 Å². The van der Waals surface area contributed by atoms with E-state index in [1.165, 1.54) is 6.07 Å². The summed E-state index contributed by atoms with van der Waals surface area (Å²) in [6.45, 7) is 0. The number of benzene rings is 1. The fourth-order valence-corrected chi connectivity index (χ4v) is 1.83. The van der Waals surface area contributed by atoms with Crippen LogP contribution in [0.3, 0.4) is 0 Å². The molecule has 0 unspecified atom stereocenters. The number of hydrogen-bond acceptors (Lipinski definition) is 6. The average molecular weight is 287 g/mol. The highest BCUT2D eigenvalue weighted by Crippen LogP contribution is 2.19. The van der Waals surface area contributed by atoms with Gasteiger partial charge in [0.25, 0.3) is 0 Å². The molecule has 0 aliphatic rings. The number of aromatic nitrogens is 1. The van der Waals surface area contributed by atoms with E-state index in [4.69, 9.17) is 9.25 Å². The molecule has 0 spiro atoms. The number of rotatable bonds is 2. The van der Waals surface area contributed by atoms with Crippen LogP contribution < -0.4 is 10.5 Å². The van der Waals surface area contributed by atoms with Gasteiger partial charge in [-0.1, -0.05) is 18.2 Å². The van der Waals surface area contributed by atoms with E-state index in [0.717, 1.165) is 12.1 Å². The summed E-state index contributed by atoms with van der Waals surface area (Å²) in [5, 5.41) is 19.3. The van der Waals surface area contributed by atoms with E-state index in [0.29, 0.717) is 15.7 Å². The molecule has 0 aliphatic heterocycles. The molecule has 0 saturated heterocycles. The number of nitrogens with zero attached hydrogens (tertiary/aromatic N) is 1. The van der Waals surface area contributed by atoms with E-state index in [1.807, 2.05) is 0 Å². The molecular formula is C14H9NO6. The summed E-state index contributed by atoms with van der Waals surface area (Å²) in [6, 6.07) is 10.3. The minimum atomic E-state index is -1.06. The van der Waals surface area contributed by atoms with Crippen LogP contribution in [-0.4, -0.2) is 20.9 Å². The first-order valence-electron chi connectivity index (χ1n) is 5.91. The van der Waals surface area contributed by atoms with Crippen LogP contribution in [0.4, 0.5) is 0 Å². The molecule has 0 bridgehead atoms. The van der Waals surface area contributed by atoms with Crippen molar-refractivity contribution in [1.29, 1.82) is 0 Å². The van der Waals surface area contributed by atoms with Crippen molar-refractivity contribution in [2.45, 2.75) is 0 Å². The van der Waals surface area contributed by atoms with Crippen molar-refractivity contribution in [3.8, 4) is 11.8 Å². The number of para-hydroxylation sites is 1. The number of carbonyl (C=O) groups excluding carboxylic acids is 1. The number of hydrogen-bond donors (Lipinski definition) is 2. The molecule has 0 amide bonds. The second-order valence-electron chi connectivity index (χ2n) is 4.21. The van der Waals surface area contributed by atoms with E-state index >= 15 is 0 Å². The highest BCUT2D eigenvalue weighted by molar-refractivity contribution is 5.93. The first kappa shape index (κ1) is 12.8. The van der Waals surface area contributed by atoms with Gasteiger partial charge in [0.15, 0.2) is 0 Å². The largest absolute Gasteiger partial charge is 0.492 e. The Balaban J connectivity index is 2.02. The lowest BCUT2D eigenvalue weighted by Crippen LogP contribution is -2.24. The SMILES string of the molecule is O=C(On1c(O)ccc1O)c1cc2ccccc2oc1=O. The molecule has 1 aromatic carbocycles. The van der Waals surface area contributed by atoms with Crippen LogP contribution in [0.15, 0.2) is 51.7 Å². The van der Waals surface area contributed by atoms with Gasteiger partial charge in [-0.25, -0.2) is 9.59 Å². The third-order valence-electron chi connectivity index (χ3n) is 2.83. The van der Waals surface area contributed by atoms with Gasteiger partial charge in [0.1, 0.15) is 11.1 Å². The van der Waals surface area contributed by atoms with Crippen LogP contribution >= 0.6 is 0 Å². The third kappa shape index (κ3) is 2.20. The first-order chi connectivity index (χ1) is 10.1. The summed E-state index contributed by atoms with van der Waals surface area (Å²) in [6.07, 6.45) is 0. The Hall–Kier alpha value is -3.22. The van der Waals surface area contributed by atoms with Gasteiger partial charge in [-0.2, -0.15) is 0 Å². The summed E-state index contributed by atoms with van der Waals surface area (Å²) >= 11 is 0. The zero-order chi connectivity index (χ0) is 15.0. The molecule has 7 nitrogen and oxygen atoms in total. The summed E-state index contributed by atoms with van der Waals surface area (Å²) in [7, 11) is 0. The van der Waals surface area contributed by atoms with E-state index in [9.17, 15) is 19.8 Å². The van der Waals surface area contributed by atoms with Crippen LogP contribution in [0, 0.1) is 0 Å². The lowest BCUT2D eigenvalue weighted by atomic mass is 10.2. The van der Waals surface area contributed by atoms with E-state index in [1.54, 1.807) is 24.3 Å². The van der Waals surface area contributed by atoms with Crippen LogP contribution in [0.1, 0.15) is 10.4 Å². The Morgan fingerprint density at radius 1 is 1.10 bits per heavy atom. The molecule has 7 heteroatoms. The van der Waals surface area contributed by atoms with Crippen molar-refractivity contribution < 1.29 is 24.3 Å². The van der Waals surface area contributed by atoms with Crippen molar-refractivity contribution in [2.24, 2.45) is 0 Å². The van der Waals surface area contributed by atoms with Gasteiger partial charge < -0.3 is 19.5 Å². The molecule has 0 fully saturated rings. The number of fused-ring (bicyclic) bond motifs is 1. The number of carbonyl (C=O) groups is 1. The lowest BCUT2D eigenvalue weighted by molar-refractivity contribution is 0.0377. The monoisotopic (exact) mass is 287 g/mol. The van der Waals surface area contributed by atoms with Crippen molar-refractivity contribution in [1.82, 2.24) is 4.73 Å². The quantitative estimate of drug-likeness (QED) is 0.688. The Morgan fingerprint density at radius 3 is 2.48 bits per heavy atom. The second-order valence-corrected chi connectivity index (χ2v) is 4.21. The van der Waals surface area contributed by atoms with Crippen LogP contribution in [0.5, 0.6) is 11.8 Å². The minimum Gasteiger partial charge on any atom is -0.492 e. The first-order valence-corrected chi connectivity index (χ1v) is 5.91. The van der Waals surface area contributed by atoms with Gasteiger partial charge in [-0.3, -0.25) is 0 Å². The molecule has 3 aromatic rings. The Kier molecular flexibility index (Phi) is 2.87. The summed E-state index contributed by atoms with van der Waals surface area (Å²) in [4.78, 5) is 28.5. The topological polar surface area (TPSA) is 102 Å². The maximum atomic E-state index is 12.0. The predicted molar refractivity (Wildman–Crippen MR) is 71.2 cm³/mol. The fraction of sp³-hybridized carbons (Fsp3) is 0. The molecule has 3 rings (SSSR count). The Morgan fingerprint density at radius 2 is 1.76 bits per heavy atom. The van der Waals surface area contributed by atoms with Gasteiger partial charge in [0.05, 0.1) is 0 Å². The standard InChI is InChI=1S/C14H9NO6/c16-11-5-6-12(17)15(11)21-14(19)9-7-8-3-1-2-4-10(8)20-13(9)18/h1-7,16-17H. The molecule has 2 N–H and O–H groups in total. The smallest absolute Gasteiger partial charge is 0.371 e. The summed E-state index contributed by atoms with van der Waals surface area (Å²) in [5.41, 5.74) is -0.878. The van der Waals surface area contributed by atoms with Crippen LogP contribution in [-0.2, 0) is 0 Å². The van der Waals surface area contributed by atoms with Gasteiger partial charge in [0.2, 0.25) is 11.8 Å². The van der Waals surface area contributed by atoms with E-state index < -0.39 is 23.4 Å². The average Bonchev–Trinajstić information content (AvgIpc) is 2.78. The van der Waals surface area contributed by atoms with Crippen molar-refractivity contribution >= 4 is 16.9 Å². The molecule has 0 aliphatic carbocycles. The molecule has 0 saturated carbocycles. The summed E-state index contributed by atoms with van der Waals surface area (Å²) in [5.74, 6) is -2.02. The fourth-order valence-electron chi connectivity index (χ4n) is 1.83. The van der Waals surface area contributed by atoms with Crippen LogP contribution in [0.25, 0.3) is 11.0 Å². The van der Waals surface area contributed by atoms with E-state index in [2.05, 4.69) is 0 Å². The third-order valence-corrected chi connectivity index (χ3v) is 2.83. The highest BCUT2D eigenvalue weighted by atomic mass is 16.7. The molecule has 2 heterocycles. The molecule has 0 radical (unpaired) electrons. The van der Waals surface area contributed by atoms with Crippen molar-refractivity contribution in [3.05, 3.63) is 58.4 Å². The second kappa shape index (κ2) is 4.71. The highest BCUT2D eigenvalue weighted by Gasteiger charge is 2.19. The van der Waals surface area contributed by atoms with Crippen molar-refractivity contribution in [2.75, 3.05) is 0 Å². The molecule has 0 atom stereocenters. The minimum absolute atomic E-state index is 0.339. The molecule has 21 heavy (non-hydrogen) atoms. The molecule has 2 aromatic heterocycles. The van der Waals surface area contributed by atoms with Gasteiger partial charge in [-0.05, 0) is 12.1 Å². The number of aromatic hydroxyl groups is 2. The maximum Gasteiger partial charge on any atom is 0.371 e. The molecule has 106 valence electrons. The summed E-state index contributed by atoms with van der Waals surface area (Å²) < 4.78 is 5.50. The van der Waals surface area contributed by atoms with Crippen molar-refractivity contribution in [3.63, 3.8) is 0 Å². The zero-order valence-electron chi connectivity index (χ0n) is 10.5. The Bertz CT molecular complexity index is 872. The normalized spacial score (nSPS) is 10.7. The van der Waals surface area contributed by atoms with Gasteiger partial charge in [0, 0.05) is 17.5 Å². The lowest BCUT2D eigenvalue weighted by Gasteiger charge is -2.06.